The first-order chi connectivity index (χ1) is 12.4. The fourth-order valence-electron chi connectivity index (χ4n) is 3.31. The molecular weight excluding hydrogens is 378 g/mol. The molecule has 1 aromatic carbocycles. The summed E-state index contributed by atoms with van der Waals surface area (Å²) in [6.07, 6.45) is 1.84. The largest absolute Gasteiger partial charge is 0.280 e. The average molecular weight is 392 g/mol. The molecule has 0 aliphatic carbocycles. The molecule has 2 aliphatic rings. The minimum absolute atomic E-state index is 0.0659. The first kappa shape index (κ1) is 17.1. The third-order valence-electron chi connectivity index (χ3n) is 4.62. The highest BCUT2D eigenvalue weighted by Crippen LogP contribution is 2.29. The highest BCUT2D eigenvalue weighted by atomic mass is 35.5. The van der Waals surface area contributed by atoms with E-state index in [2.05, 4.69) is 4.98 Å². The summed E-state index contributed by atoms with van der Waals surface area (Å²) in [7, 11) is -3.71. The molecule has 0 radical (unpaired) electrons. The Balaban J connectivity index is 1.57. The minimum atomic E-state index is -3.71. The molecule has 0 spiro atoms. The van der Waals surface area contributed by atoms with Crippen molar-refractivity contribution in [3.63, 3.8) is 0 Å². The molecule has 1 unspecified atom stereocenters. The molecule has 0 saturated carbocycles. The summed E-state index contributed by atoms with van der Waals surface area (Å²) in [5.74, 6) is -0.893. The summed E-state index contributed by atoms with van der Waals surface area (Å²) in [5, 5.41) is 0.446. The number of pyridine rings is 1. The molecule has 4 rings (SSSR count). The maximum atomic E-state index is 12.8. The first-order valence-electron chi connectivity index (χ1n) is 7.98. The number of nitrogens with zero attached hydrogens (tertiary/aromatic N) is 3. The van der Waals surface area contributed by atoms with Crippen LogP contribution in [0.2, 0.25) is 5.02 Å². The predicted molar refractivity (Wildman–Crippen MR) is 93.4 cm³/mol. The second kappa shape index (κ2) is 6.15. The lowest BCUT2D eigenvalue weighted by Crippen LogP contribution is -2.42. The monoisotopic (exact) mass is 391 g/mol. The maximum Gasteiger partial charge on any atom is 0.280 e. The number of benzene rings is 1. The van der Waals surface area contributed by atoms with Gasteiger partial charge in [-0.3, -0.25) is 19.5 Å². The fourth-order valence-corrected chi connectivity index (χ4v) is 4.93. The van der Waals surface area contributed by atoms with Gasteiger partial charge < -0.3 is 0 Å². The lowest BCUT2D eigenvalue weighted by molar-refractivity contribution is 0.0591. The number of carbonyl (C=O) groups is 2. The van der Waals surface area contributed by atoms with Gasteiger partial charge in [-0.1, -0.05) is 11.6 Å². The Morgan fingerprint density at radius 1 is 1.08 bits per heavy atom. The highest BCUT2D eigenvalue weighted by molar-refractivity contribution is 7.89. The Kier molecular flexibility index (Phi) is 4.06. The van der Waals surface area contributed by atoms with Crippen LogP contribution in [-0.4, -0.2) is 53.6 Å². The molecule has 2 aliphatic heterocycles. The predicted octanol–water partition coefficient (Wildman–Crippen LogP) is 1.79. The van der Waals surface area contributed by atoms with Crippen molar-refractivity contribution in [3.05, 3.63) is 58.9 Å². The van der Waals surface area contributed by atoms with Crippen LogP contribution in [0.5, 0.6) is 0 Å². The molecule has 1 atom stereocenters. The minimum Gasteiger partial charge on any atom is -0.268 e. The number of hydrogen-bond donors (Lipinski definition) is 0. The van der Waals surface area contributed by atoms with Crippen LogP contribution in [0.15, 0.2) is 47.5 Å². The van der Waals surface area contributed by atoms with Gasteiger partial charge in [0.2, 0.25) is 10.0 Å². The number of fused-ring (bicyclic) bond motifs is 1. The van der Waals surface area contributed by atoms with Crippen LogP contribution in [0, 0.1) is 0 Å². The van der Waals surface area contributed by atoms with Crippen LogP contribution in [0.1, 0.15) is 27.3 Å². The van der Waals surface area contributed by atoms with E-state index < -0.39 is 27.9 Å². The molecule has 3 heterocycles. The van der Waals surface area contributed by atoms with E-state index in [9.17, 15) is 18.0 Å². The topological polar surface area (TPSA) is 87.7 Å². The lowest BCUT2D eigenvalue weighted by atomic mass is 10.2. The molecule has 2 aromatic rings. The van der Waals surface area contributed by atoms with Gasteiger partial charge in [-0.25, -0.2) is 8.42 Å². The van der Waals surface area contributed by atoms with Crippen molar-refractivity contribution in [3.8, 4) is 0 Å². The molecule has 1 aromatic heterocycles. The van der Waals surface area contributed by atoms with E-state index in [1.54, 1.807) is 12.1 Å². The quantitative estimate of drug-likeness (QED) is 0.744. The number of hydrogen-bond acceptors (Lipinski definition) is 5. The van der Waals surface area contributed by atoms with Crippen LogP contribution in [-0.2, 0) is 10.0 Å². The number of imide groups is 1. The van der Waals surface area contributed by atoms with Crippen LogP contribution in [0.4, 0.5) is 0 Å². The zero-order valence-electron chi connectivity index (χ0n) is 13.5. The number of rotatable bonds is 3. The number of carbonyl (C=O) groups excluding carboxylic acids is 2. The maximum absolute atomic E-state index is 12.8. The zero-order chi connectivity index (χ0) is 18.5. The smallest absolute Gasteiger partial charge is 0.268 e. The van der Waals surface area contributed by atoms with Crippen molar-refractivity contribution in [2.75, 3.05) is 13.1 Å². The molecule has 1 saturated heterocycles. The SMILES string of the molecule is O=C1c2cccnc2C(=O)N1C1CCN(S(=O)(=O)c2ccc(Cl)cc2)C1. The molecule has 26 heavy (non-hydrogen) atoms. The van der Waals surface area contributed by atoms with Gasteiger partial charge in [0.15, 0.2) is 0 Å². The third-order valence-corrected chi connectivity index (χ3v) is 6.75. The Morgan fingerprint density at radius 3 is 2.50 bits per heavy atom. The molecule has 7 nitrogen and oxygen atoms in total. The van der Waals surface area contributed by atoms with Crippen molar-refractivity contribution >= 4 is 33.4 Å². The molecular formula is C17H14ClN3O4S. The van der Waals surface area contributed by atoms with Gasteiger partial charge in [0.25, 0.3) is 11.8 Å². The molecule has 134 valence electrons. The van der Waals surface area contributed by atoms with Crippen LogP contribution >= 0.6 is 11.6 Å². The van der Waals surface area contributed by atoms with E-state index in [1.807, 2.05) is 0 Å². The normalized spacial score (nSPS) is 20.7. The van der Waals surface area contributed by atoms with Crippen LogP contribution in [0.3, 0.4) is 0 Å². The van der Waals surface area contributed by atoms with Gasteiger partial charge in [-0.2, -0.15) is 4.31 Å². The molecule has 2 amide bonds. The Labute approximate surface area is 155 Å². The second-order valence-corrected chi connectivity index (χ2v) is 8.51. The van der Waals surface area contributed by atoms with Gasteiger partial charge in [0, 0.05) is 24.3 Å². The van der Waals surface area contributed by atoms with E-state index in [0.717, 1.165) is 4.90 Å². The standard InChI is InChI=1S/C17H14ClN3O4S/c18-11-3-5-13(6-4-11)26(24,25)20-9-7-12(10-20)21-16(22)14-2-1-8-19-15(14)17(21)23/h1-6,8,12H,7,9-10H2. The van der Waals surface area contributed by atoms with Gasteiger partial charge in [0.1, 0.15) is 5.69 Å². The lowest BCUT2D eigenvalue weighted by Gasteiger charge is -2.22. The van der Waals surface area contributed by atoms with E-state index in [-0.39, 0.29) is 29.2 Å². The van der Waals surface area contributed by atoms with Crippen LogP contribution in [0.25, 0.3) is 0 Å². The number of sulfonamides is 1. The number of halogens is 1. The summed E-state index contributed by atoms with van der Waals surface area (Å²) in [4.78, 5) is 30.3. The summed E-state index contributed by atoms with van der Waals surface area (Å²) in [6.45, 7) is 0.299. The number of aromatic nitrogens is 1. The molecule has 1 fully saturated rings. The Hall–Kier alpha value is -2.29. The highest BCUT2D eigenvalue weighted by Gasteiger charge is 2.45. The summed E-state index contributed by atoms with van der Waals surface area (Å²) >= 11 is 5.81. The fraction of sp³-hybridized carbons (Fsp3) is 0.235. The molecule has 0 N–H and O–H groups in total. The average Bonchev–Trinajstić information content (AvgIpc) is 3.20. The van der Waals surface area contributed by atoms with E-state index in [4.69, 9.17) is 11.6 Å². The van der Waals surface area contributed by atoms with Gasteiger partial charge in [0.05, 0.1) is 16.5 Å². The van der Waals surface area contributed by atoms with E-state index >= 15 is 0 Å². The van der Waals surface area contributed by atoms with Crippen molar-refractivity contribution in [2.45, 2.75) is 17.4 Å². The summed E-state index contributed by atoms with van der Waals surface area (Å²) in [6, 6.07) is 8.55. The van der Waals surface area contributed by atoms with Gasteiger partial charge in [-0.15, -0.1) is 0 Å². The van der Waals surface area contributed by atoms with Crippen molar-refractivity contribution in [1.29, 1.82) is 0 Å². The van der Waals surface area contributed by atoms with Crippen LogP contribution < -0.4 is 0 Å². The van der Waals surface area contributed by atoms with E-state index in [1.165, 1.54) is 34.8 Å². The molecule has 9 heteroatoms. The summed E-state index contributed by atoms with van der Waals surface area (Å²) < 4.78 is 26.8. The van der Waals surface area contributed by atoms with Gasteiger partial charge in [-0.05, 0) is 42.8 Å². The van der Waals surface area contributed by atoms with Crippen molar-refractivity contribution in [2.24, 2.45) is 0 Å². The summed E-state index contributed by atoms with van der Waals surface area (Å²) in [5.41, 5.74) is 0.382. The van der Waals surface area contributed by atoms with Crippen molar-refractivity contribution in [1.82, 2.24) is 14.2 Å². The van der Waals surface area contributed by atoms with Gasteiger partial charge >= 0.3 is 0 Å². The number of amides is 2. The first-order valence-corrected chi connectivity index (χ1v) is 9.80. The Bertz CT molecular complexity index is 972. The second-order valence-electron chi connectivity index (χ2n) is 6.14. The third kappa shape index (κ3) is 2.61. The van der Waals surface area contributed by atoms with Crippen molar-refractivity contribution < 1.29 is 18.0 Å². The van der Waals surface area contributed by atoms with E-state index in [0.29, 0.717) is 11.4 Å². The molecule has 0 bridgehead atoms. The Morgan fingerprint density at radius 2 is 1.81 bits per heavy atom. The zero-order valence-corrected chi connectivity index (χ0v) is 15.1.